The fourth-order valence-corrected chi connectivity index (χ4v) is 11.9. The molecule has 4 aliphatic heterocycles. The van der Waals surface area contributed by atoms with Gasteiger partial charge in [0.15, 0.2) is 25.1 Å². The van der Waals surface area contributed by atoms with Gasteiger partial charge in [-0.1, -0.05) is 25.7 Å². The maximum absolute atomic E-state index is 14.0. The average Bonchev–Trinajstić information content (AvgIpc) is 3.65. The van der Waals surface area contributed by atoms with Crippen molar-refractivity contribution in [3.63, 3.8) is 0 Å². The van der Waals surface area contributed by atoms with Crippen LogP contribution in [-0.4, -0.2) is 134 Å². The molecule has 20 nitrogen and oxygen atoms in total. The van der Waals surface area contributed by atoms with Gasteiger partial charge in [0.25, 0.3) is 0 Å². The fraction of sp³-hybridized carbons (Fsp3) is 0.533. The molecule has 0 atom stereocenters. The monoisotopic (exact) mass is 1110 g/mol. The van der Waals surface area contributed by atoms with Gasteiger partial charge in [0, 0.05) is 123 Å². The Balaban J connectivity index is 1.39. The van der Waals surface area contributed by atoms with Crippen molar-refractivity contribution in [3.8, 4) is 46.0 Å². The van der Waals surface area contributed by atoms with Crippen molar-refractivity contribution in [3.05, 3.63) is 91.0 Å². The van der Waals surface area contributed by atoms with Crippen LogP contribution in [0.3, 0.4) is 0 Å². The molecule has 0 aromatic heterocycles. The van der Waals surface area contributed by atoms with E-state index in [2.05, 4.69) is 24.3 Å². The van der Waals surface area contributed by atoms with Gasteiger partial charge in [-0.25, -0.2) is 0 Å². The van der Waals surface area contributed by atoms with Gasteiger partial charge in [-0.2, -0.15) is 0 Å². The summed E-state index contributed by atoms with van der Waals surface area (Å²) >= 11 is 0. The molecule has 4 aromatic rings. The third-order valence-corrected chi connectivity index (χ3v) is 15.3. The summed E-state index contributed by atoms with van der Waals surface area (Å²) in [5.41, 5.74) is 5.86. The highest BCUT2D eigenvalue weighted by Crippen LogP contribution is 2.58. The van der Waals surface area contributed by atoms with E-state index in [9.17, 15) is 19.2 Å². The molecule has 80 heavy (non-hydrogen) atoms. The van der Waals surface area contributed by atoms with Crippen molar-refractivity contribution in [2.45, 2.75) is 101 Å². The average molecular weight is 1110 g/mol. The van der Waals surface area contributed by atoms with Gasteiger partial charge in [0.05, 0.1) is 22.3 Å². The summed E-state index contributed by atoms with van der Waals surface area (Å²) in [7, 11) is 6.28. The van der Waals surface area contributed by atoms with Crippen LogP contribution in [0.4, 0.5) is 0 Å². The molecule has 0 spiro atoms. The molecule has 4 heterocycles. The van der Waals surface area contributed by atoms with Crippen LogP contribution in [0, 0.1) is 0 Å². The van der Waals surface area contributed by atoms with E-state index < -0.39 is 50.8 Å². The first-order valence-electron chi connectivity index (χ1n) is 27.4. The second-order valence-corrected chi connectivity index (χ2v) is 20.1. The lowest BCUT2D eigenvalue weighted by Gasteiger charge is -2.36. The molecule has 8 bridgehead atoms. The van der Waals surface area contributed by atoms with Crippen LogP contribution in [0.5, 0.6) is 46.0 Å². The number of ether oxygens (including phenoxy) is 16. The third-order valence-electron chi connectivity index (χ3n) is 15.3. The molecule has 0 fully saturated rings. The first-order valence-corrected chi connectivity index (χ1v) is 27.4. The standard InChI is InChI=1S/C60H72O20/c1-65-29-69-17-9-5-13-37-41-21-43-38(14-6-10-18-70-30-66-2)45-23-47-40(16-8-12-20-72-32-68-4)48-24-46-39(15-7-11-19-71-31-67-3)44-22-42(37)54-50(26-62)56(44)76-35-78-58(46)52(28-64)60(48)80-36-79-59(47)51(27-63)57(45)77-34-75-55(43)49(25-61)53(41)73-33-74-54/h21-28,37-40H,5-20,29-36H2,1-4H3. The highest BCUT2D eigenvalue weighted by atomic mass is 16.7. The zero-order valence-corrected chi connectivity index (χ0v) is 46.1. The van der Waals surface area contributed by atoms with Crippen molar-refractivity contribution in [2.75, 3.05) is 109 Å². The Morgan fingerprint density at radius 1 is 0.325 bits per heavy atom. The number of aldehydes is 4. The van der Waals surface area contributed by atoms with Crippen LogP contribution < -0.4 is 37.9 Å². The van der Waals surface area contributed by atoms with Crippen molar-refractivity contribution in [1.82, 2.24) is 0 Å². The third kappa shape index (κ3) is 12.4. The van der Waals surface area contributed by atoms with E-state index in [0.29, 0.717) is 148 Å². The summed E-state index contributed by atoms with van der Waals surface area (Å²) in [6.07, 6.45) is 9.86. The van der Waals surface area contributed by atoms with Crippen molar-refractivity contribution in [1.29, 1.82) is 0 Å². The highest BCUT2D eigenvalue weighted by Gasteiger charge is 2.41. The quantitative estimate of drug-likeness (QED) is 0.0252. The number of carbonyl (C=O) groups is 4. The molecule has 0 N–H and O–H groups in total. The Bertz CT molecular complexity index is 2300. The summed E-state index contributed by atoms with van der Waals surface area (Å²) in [5.74, 6) is -0.333. The van der Waals surface area contributed by atoms with Gasteiger partial charge < -0.3 is 75.8 Å². The fourth-order valence-electron chi connectivity index (χ4n) is 11.9. The number of hydrogen-bond acceptors (Lipinski definition) is 20. The first-order chi connectivity index (χ1) is 39.5. The molecule has 0 saturated carbocycles. The Labute approximate surface area is 465 Å². The second kappa shape index (κ2) is 28.9. The molecule has 4 aromatic carbocycles. The van der Waals surface area contributed by atoms with E-state index in [1.807, 2.05) is 0 Å². The largest absolute Gasteiger partial charge is 0.456 e. The smallest absolute Gasteiger partial charge is 0.230 e. The number of benzene rings is 4. The van der Waals surface area contributed by atoms with Crippen LogP contribution in [-0.2, 0) is 37.9 Å². The molecular formula is C60H72O20. The van der Waals surface area contributed by atoms with Gasteiger partial charge >= 0.3 is 0 Å². The van der Waals surface area contributed by atoms with E-state index in [0.717, 1.165) is 25.1 Å². The molecule has 0 amide bonds. The Hall–Kier alpha value is -6.36. The highest BCUT2D eigenvalue weighted by molar-refractivity contribution is 5.91. The van der Waals surface area contributed by atoms with Gasteiger partial charge in [0.1, 0.15) is 73.2 Å². The predicted octanol–water partition coefficient (Wildman–Crippen LogP) is 9.86. The van der Waals surface area contributed by atoms with Crippen molar-refractivity contribution >= 4 is 25.1 Å². The first kappa shape index (κ1) is 58.3. The minimum Gasteiger partial charge on any atom is -0.456 e. The van der Waals surface area contributed by atoms with Crippen LogP contribution in [0.15, 0.2) is 24.3 Å². The molecule has 0 unspecified atom stereocenters. The Morgan fingerprint density at radius 3 is 0.675 bits per heavy atom. The Morgan fingerprint density at radius 2 is 0.512 bits per heavy atom. The van der Waals surface area contributed by atoms with Crippen molar-refractivity contribution in [2.24, 2.45) is 0 Å². The molecule has 1 aliphatic carbocycles. The molecule has 0 saturated heterocycles. The maximum atomic E-state index is 14.0. The topological polar surface area (TPSA) is 216 Å². The van der Waals surface area contributed by atoms with Crippen LogP contribution in [0.1, 0.15) is 187 Å². The summed E-state index contributed by atoms with van der Waals surface area (Å²) in [4.78, 5) is 55.8. The van der Waals surface area contributed by atoms with Gasteiger partial charge in [-0.05, 0) is 75.6 Å². The van der Waals surface area contributed by atoms with Crippen molar-refractivity contribution < 1.29 is 95.0 Å². The lowest BCUT2D eigenvalue weighted by molar-refractivity contribution is -0.0317. The van der Waals surface area contributed by atoms with E-state index in [4.69, 9.17) is 75.8 Å². The molecule has 5 aliphatic rings. The lowest BCUT2D eigenvalue weighted by Crippen LogP contribution is -2.25. The number of rotatable bonds is 32. The second-order valence-electron chi connectivity index (χ2n) is 20.1. The molecule has 0 radical (unpaired) electrons. The zero-order chi connectivity index (χ0) is 55.8. The Kier molecular flexibility index (Phi) is 21.0. The molecule has 9 rings (SSSR count). The molecule has 432 valence electrons. The summed E-state index contributed by atoms with van der Waals surface area (Å²) in [6.45, 7) is 0.570. The number of hydrogen-bond donors (Lipinski definition) is 0. The SMILES string of the molecule is COCOCCCCC1c2cc3c4c(C=O)c2OCOc2c1cc1c(c2C=O)OCOc2c(cc5c(c2C=O)OCOc2c(cc(c(c2C=O)OCO4)C3CCCCOCOC)C5CCCCOCOC)C1CCCCOCOC. The lowest BCUT2D eigenvalue weighted by atomic mass is 9.74. The van der Waals surface area contributed by atoms with Crippen LogP contribution in [0.25, 0.3) is 0 Å². The van der Waals surface area contributed by atoms with E-state index >= 15 is 0 Å². The molecular weight excluding hydrogens is 1040 g/mol. The minimum atomic E-state index is -0.589. The number of unbranched alkanes of at least 4 members (excludes halogenated alkanes) is 4. The van der Waals surface area contributed by atoms with E-state index in [-0.39, 0.29) is 95.4 Å². The predicted molar refractivity (Wildman–Crippen MR) is 286 cm³/mol. The maximum Gasteiger partial charge on any atom is 0.230 e. The number of methoxy groups -OCH3 is 4. The van der Waals surface area contributed by atoms with E-state index in [1.54, 1.807) is 28.4 Å². The number of carbonyl (C=O) groups excluding carboxylic acids is 4. The van der Waals surface area contributed by atoms with Gasteiger partial charge in [-0.15, -0.1) is 0 Å². The normalized spacial score (nSPS) is 17.9. The van der Waals surface area contributed by atoms with Crippen LogP contribution in [0.2, 0.25) is 0 Å². The summed E-state index contributed by atoms with van der Waals surface area (Å²) in [5, 5.41) is 0. The van der Waals surface area contributed by atoms with E-state index in [1.165, 1.54) is 0 Å². The minimum absolute atomic E-state index is 0.128. The zero-order valence-electron chi connectivity index (χ0n) is 46.1. The van der Waals surface area contributed by atoms with Gasteiger partial charge in [0.2, 0.25) is 27.2 Å². The van der Waals surface area contributed by atoms with Crippen LogP contribution >= 0.6 is 0 Å². The summed E-state index contributed by atoms with van der Waals surface area (Å²) in [6, 6.07) is 8.22. The molecule has 20 heteroatoms. The van der Waals surface area contributed by atoms with Gasteiger partial charge in [-0.3, -0.25) is 19.2 Å². The summed E-state index contributed by atoms with van der Waals surface area (Å²) < 4.78 is 96.4.